The van der Waals surface area contributed by atoms with Gasteiger partial charge in [0, 0.05) is 12.1 Å². The Bertz CT molecular complexity index is 875. The zero-order valence-electron chi connectivity index (χ0n) is 18.6. The number of likely N-dealkylation sites (tertiary alicyclic amines) is 1. The molecule has 2 aromatic rings. The molecule has 1 amide bonds. The molecule has 0 aliphatic carbocycles. The lowest BCUT2D eigenvalue weighted by Crippen LogP contribution is -2.43. The number of nitrogens with zero attached hydrogens (tertiary/aromatic N) is 1. The molecule has 3 rings (SSSR count). The van der Waals surface area contributed by atoms with Crippen LogP contribution in [-0.2, 0) is 4.79 Å². The van der Waals surface area contributed by atoms with E-state index in [-0.39, 0.29) is 17.7 Å². The number of hydrogen-bond donors (Lipinski definition) is 1. The Balaban J connectivity index is 1.64. The fourth-order valence-corrected chi connectivity index (χ4v) is 3.90. The van der Waals surface area contributed by atoms with Crippen molar-refractivity contribution in [2.24, 2.45) is 0 Å². The van der Waals surface area contributed by atoms with Crippen molar-refractivity contribution in [1.29, 1.82) is 0 Å². The predicted octanol–water partition coefficient (Wildman–Crippen LogP) is 4.01. The average Bonchev–Trinajstić information content (AvgIpc) is 2.80. The highest BCUT2D eigenvalue weighted by atomic mass is 16.5. The van der Waals surface area contributed by atoms with Gasteiger partial charge in [0.15, 0.2) is 11.9 Å². The second-order valence-corrected chi connectivity index (χ2v) is 7.97. The summed E-state index contributed by atoms with van der Waals surface area (Å²) in [5, 5.41) is 3.06. The van der Waals surface area contributed by atoms with Crippen molar-refractivity contribution in [2.75, 3.05) is 26.7 Å². The number of nitrogens with one attached hydrogen (secondary N) is 1. The van der Waals surface area contributed by atoms with Crippen LogP contribution in [0.4, 0.5) is 0 Å². The number of Topliss-reactive ketones (excluding diaryl/α,β-unsaturated/α-hetero) is 1. The quantitative estimate of drug-likeness (QED) is 0.616. The minimum absolute atomic E-state index is 0.0357. The molecule has 0 spiro atoms. The standard InChI is InChI=1S/C25H32N2O4/c1-18(28)21-8-7-9-23(16-21)31-19(2)25(29)26-17-24(27-14-5-4-6-15-27)20-10-12-22(30-3)13-11-20/h7-13,16,19,24H,4-6,14-15,17H2,1-3H3,(H,26,29). The van der Waals surface area contributed by atoms with Crippen LogP contribution in [-0.4, -0.2) is 49.4 Å². The number of ketones is 1. The summed E-state index contributed by atoms with van der Waals surface area (Å²) in [7, 11) is 1.66. The van der Waals surface area contributed by atoms with Gasteiger partial charge < -0.3 is 14.8 Å². The van der Waals surface area contributed by atoms with Crippen molar-refractivity contribution >= 4 is 11.7 Å². The van der Waals surface area contributed by atoms with Crippen molar-refractivity contribution in [2.45, 2.75) is 45.3 Å². The van der Waals surface area contributed by atoms with E-state index in [1.54, 1.807) is 38.3 Å². The van der Waals surface area contributed by atoms with Crippen LogP contribution in [0, 0.1) is 0 Å². The Morgan fingerprint density at radius 3 is 2.39 bits per heavy atom. The van der Waals surface area contributed by atoms with Crippen LogP contribution in [0.3, 0.4) is 0 Å². The molecule has 6 heteroatoms. The third kappa shape index (κ3) is 6.31. The van der Waals surface area contributed by atoms with E-state index in [4.69, 9.17) is 9.47 Å². The van der Waals surface area contributed by atoms with E-state index in [0.29, 0.717) is 17.9 Å². The number of benzene rings is 2. The number of carbonyl (C=O) groups is 2. The van der Waals surface area contributed by atoms with Crippen LogP contribution >= 0.6 is 0 Å². The van der Waals surface area contributed by atoms with Gasteiger partial charge in [-0.1, -0.05) is 30.7 Å². The molecule has 0 bridgehead atoms. The molecule has 2 aromatic carbocycles. The Labute approximate surface area is 184 Å². The predicted molar refractivity (Wildman–Crippen MR) is 121 cm³/mol. The van der Waals surface area contributed by atoms with E-state index in [0.717, 1.165) is 24.4 Å². The summed E-state index contributed by atoms with van der Waals surface area (Å²) in [6, 6.07) is 15.1. The maximum Gasteiger partial charge on any atom is 0.260 e. The lowest BCUT2D eigenvalue weighted by Gasteiger charge is -2.35. The molecule has 1 aliphatic rings. The van der Waals surface area contributed by atoms with Crippen LogP contribution in [0.15, 0.2) is 48.5 Å². The van der Waals surface area contributed by atoms with Crippen molar-refractivity contribution < 1.29 is 19.1 Å². The molecule has 6 nitrogen and oxygen atoms in total. The number of amides is 1. The van der Waals surface area contributed by atoms with Gasteiger partial charge in [-0.15, -0.1) is 0 Å². The first kappa shape index (κ1) is 22.8. The topological polar surface area (TPSA) is 67.9 Å². The van der Waals surface area contributed by atoms with E-state index in [1.165, 1.54) is 26.2 Å². The summed E-state index contributed by atoms with van der Waals surface area (Å²) in [6.07, 6.45) is 2.93. The van der Waals surface area contributed by atoms with Gasteiger partial charge in [0.2, 0.25) is 0 Å². The summed E-state index contributed by atoms with van der Waals surface area (Å²) in [4.78, 5) is 26.8. The fourth-order valence-electron chi connectivity index (χ4n) is 3.90. The van der Waals surface area contributed by atoms with Crippen molar-refractivity contribution in [3.05, 3.63) is 59.7 Å². The molecule has 0 aromatic heterocycles. The Hall–Kier alpha value is -2.86. The Morgan fingerprint density at radius 1 is 1.03 bits per heavy atom. The number of rotatable bonds is 9. The summed E-state index contributed by atoms with van der Waals surface area (Å²) >= 11 is 0. The molecule has 0 saturated carbocycles. The monoisotopic (exact) mass is 424 g/mol. The van der Waals surface area contributed by atoms with Gasteiger partial charge in [0.05, 0.1) is 13.2 Å². The van der Waals surface area contributed by atoms with Crippen LogP contribution < -0.4 is 14.8 Å². The van der Waals surface area contributed by atoms with Gasteiger partial charge in [0.1, 0.15) is 11.5 Å². The number of piperidine rings is 1. The van der Waals surface area contributed by atoms with Gasteiger partial charge in [-0.05, 0) is 69.6 Å². The van der Waals surface area contributed by atoms with Gasteiger partial charge in [-0.2, -0.15) is 0 Å². The number of hydrogen-bond acceptors (Lipinski definition) is 5. The van der Waals surface area contributed by atoms with E-state index < -0.39 is 6.10 Å². The van der Waals surface area contributed by atoms with Gasteiger partial charge >= 0.3 is 0 Å². The largest absolute Gasteiger partial charge is 0.497 e. The number of ether oxygens (including phenoxy) is 2. The molecular weight excluding hydrogens is 392 g/mol. The average molecular weight is 425 g/mol. The molecule has 166 valence electrons. The second kappa shape index (κ2) is 11.0. The van der Waals surface area contributed by atoms with Crippen molar-refractivity contribution in [3.63, 3.8) is 0 Å². The van der Waals surface area contributed by atoms with Crippen LogP contribution in [0.5, 0.6) is 11.5 Å². The van der Waals surface area contributed by atoms with Crippen LogP contribution in [0.1, 0.15) is 55.1 Å². The Morgan fingerprint density at radius 2 is 1.74 bits per heavy atom. The molecule has 1 aliphatic heterocycles. The highest BCUT2D eigenvalue weighted by Gasteiger charge is 2.24. The van der Waals surface area contributed by atoms with Crippen LogP contribution in [0.25, 0.3) is 0 Å². The molecule has 2 unspecified atom stereocenters. The zero-order valence-corrected chi connectivity index (χ0v) is 18.6. The highest BCUT2D eigenvalue weighted by Crippen LogP contribution is 2.26. The first-order valence-corrected chi connectivity index (χ1v) is 10.9. The van der Waals surface area contributed by atoms with Gasteiger partial charge in [-0.25, -0.2) is 0 Å². The molecule has 1 fully saturated rings. The first-order chi connectivity index (χ1) is 15.0. The maximum atomic E-state index is 12.7. The molecular formula is C25H32N2O4. The SMILES string of the molecule is COc1ccc(C(CNC(=O)C(C)Oc2cccc(C(C)=O)c2)N2CCCCC2)cc1. The summed E-state index contributed by atoms with van der Waals surface area (Å²) in [5.74, 6) is 1.12. The summed E-state index contributed by atoms with van der Waals surface area (Å²) in [6.45, 7) is 5.79. The normalized spacial score (nSPS) is 16.2. The smallest absolute Gasteiger partial charge is 0.260 e. The summed E-state index contributed by atoms with van der Waals surface area (Å²) in [5.41, 5.74) is 1.72. The van der Waals surface area contributed by atoms with E-state index >= 15 is 0 Å². The maximum absolute atomic E-state index is 12.7. The molecule has 31 heavy (non-hydrogen) atoms. The van der Waals surface area contributed by atoms with Crippen LogP contribution in [0.2, 0.25) is 0 Å². The first-order valence-electron chi connectivity index (χ1n) is 10.9. The molecule has 1 saturated heterocycles. The third-order valence-corrected chi connectivity index (χ3v) is 5.72. The van der Waals surface area contributed by atoms with Gasteiger partial charge in [-0.3, -0.25) is 14.5 Å². The lowest BCUT2D eigenvalue weighted by atomic mass is 10.0. The second-order valence-electron chi connectivity index (χ2n) is 7.97. The minimum Gasteiger partial charge on any atom is -0.497 e. The third-order valence-electron chi connectivity index (χ3n) is 5.72. The number of carbonyl (C=O) groups excluding carboxylic acids is 2. The molecule has 1 N–H and O–H groups in total. The van der Waals surface area contributed by atoms with Crippen molar-refractivity contribution in [3.8, 4) is 11.5 Å². The van der Waals surface area contributed by atoms with E-state index in [2.05, 4.69) is 22.3 Å². The lowest BCUT2D eigenvalue weighted by molar-refractivity contribution is -0.127. The van der Waals surface area contributed by atoms with E-state index in [1.807, 2.05) is 12.1 Å². The van der Waals surface area contributed by atoms with Crippen molar-refractivity contribution in [1.82, 2.24) is 10.2 Å². The molecule has 1 heterocycles. The van der Waals surface area contributed by atoms with Gasteiger partial charge in [0.25, 0.3) is 5.91 Å². The highest BCUT2D eigenvalue weighted by molar-refractivity contribution is 5.94. The fraction of sp³-hybridized carbons (Fsp3) is 0.440. The minimum atomic E-state index is -0.667. The molecule has 2 atom stereocenters. The Kier molecular flexibility index (Phi) is 8.06. The summed E-state index contributed by atoms with van der Waals surface area (Å²) < 4.78 is 11.1. The molecule has 0 radical (unpaired) electrons. The number of methoxy groups -OCH3 is 1. The van der Waals surface area contributed by atoms with E-state index in [9.17, 15) is 9.59 Å². The zero-order chi connectivity index (χ0) is 22.2.